The van der Waals surface area contributed by atoms with Crippen LogP contribution in [0.3, 0.4) is 0 Å². The van der Waals surface area contributed by atoms with Crippen LogP contribution in [0.5, 0.6) is 0 Å². The van der Waals surface area contributed by atoms with Crippen molar-refractivity contribution in [1.82, 2.24) is 10.6 Å². The van der Waals surface area contributed by atoms with Crippen LogP contribution in [-0.4, -0.2) is 51.5 Å². The zero-order chi connectivity index (χ0) is 16.1. The molecule has 134 valence electrons. The van der Waals surface area contributed by atoms with Crippen LogP contribution in [0.1, 0.15) is 18.4 Å². The van der Waals surface area contributed by atoms with Crippen molar-refractivity contribution in [3.8, 4) is 0 Å². The van der Waals surface area contributed by atoms with Gasteiger partial charge in [0.2, 0.25) is 5.91 Å². The van der Waals surface area contributed by atoms with Crippen LogP contribution in [0.2, 0.25) is 5.02 Å². The number of benzene rings is 1. The van der Waals surface area contributed by atoms with Gasteiger partial charge in [0.25, 0.3) is 0 Å². The van der Waals surface area contributed by atoms with Crippen molar-refractivity contribution in [3.63, 3.8) is 0 Å². The minimum atomic E-state index is -0.271. The van der Waals surface area contributed by atoms with E-state index in [1.54, 1.807) is 0 Å². The van der Waals surface area contributed by atoms with Gasteiger partial charge in [-0.2, -0.15) is 0 Å². The molecule has 1 unspecified atom stereocenters. The fourth-order valence-electron chi connectivity index (χ4n) is 3.31. The number of halogens is 2. The third kappa shape index (κ3) is 4.41. The summed E-state index contributed by atoms with van der Waals surface area (Å²) in [5.74, 6) is -0.0115. The molecule has 2 N–H and O–H groups in total. The van der Waals surface area contributed by atoms with E-state index in [2.05, 4.69) is 16.7 Å². The lowest BCUT2D eigenvalue weighted by Gasteiger charge is -2.39. The summed E-state index contributed by atoms with van der Waals surface area (Å²) in [7, 11) is 0. The van der Waals surface area contributed by atoms with E-state index in [9.17, 15) is 4.79 Å². The van der Waals surface area contributed by atoms with Crippen molar-refractivity contribution in [2.24, 2.45) is 0 Å². The lowest BCUT2D eigenvalue weighted by Crippen LogP contribution is -2.54. The third-order valence-corrected chi connectivity index (χ3v) is 5.06. The molecule has 0 aromatic heterocycles. The van der Waals surface area contributed by atoms with Gasteiger partial charge in [0.15, 0.2) is 0 Å². The van der Waals surface area contributed by atoms with E-state index in [0.29, 0.717) is 39.5 Å². The van der Waals surface area contributed by atoms with Gasteiger partial charge in [-0.05, 0) is 24.5 Å². The van der Waals surface area contributed by atoms with E-state index in [-0.39, 0.29) is 29.8 Å². The average molecular weight is 375 g/mol. The molecule has 2 aliphatic heterocycles. The Morgan fingerprint density at radius 3 is 2.67 bits per heavy atom. The summed E-state index contributed by atoms with van der Waals surface area (Å²) in [4.78, 5) is 12.4. The molecule has 0 bridgehead atoms. The highest BCUT2D eigenvalue weighted by Gasteiger charge is 2.37. The van der Waals surface area contributed by atoms with Gasteiger partial charge in [-0.1, -0.05) is 29.8 Å². The Kier molecular flexibility index (Phi) is 7.32. The second kappa shape index (κ2) is 9.02. The van der Waals surface area contributed by atoms with E-state index in [1.807, 2.05) is 18.2 Å². The molecule has 2 saturated heterocycles. The fourth-order valence-corrected chi connectivity index (χ4v) is 3.64. The Hall–Kier alpha value is -0.850. The van der Waals surface area contributed by atoms with Crippen LogP contribution in [0, 0.1) is 0 Å². The van der Waals surface area contributed by atoms with E-state index in [0.717, 1.165) is 23.4 Å². The number of amides is 1. The third-order valence-electron chi connectivity index (χ3n) is 4.73. The lowest BCUT2D eigenvalue weighted by atomic mass is 9.74. The Labute approximate surface area is 153 Å². The zero-order valence-electron chi connectivity index (χ0n) is 13.6. The minimum Gasteiger partial charge on any atom is -0.381 e. The number of hydrogen-bond donors (Lipinski definition) is 2. The maximum absolute atomic E-state index is 12.4. The topological polar surface area (TPSA) is 59.6 Å². The van der Waals surface area contributed by atoms with Crippen LogP contribution in [-0.2, 0) is 19.7 Å². The van der Waals surface area contributed by atoms with Gasteiger partial charge in [0.05, 0.1) is 13.2 Å². The molecular weight excluding hydrogens is 351 g/mol. The quantitative estimate of drug-likeness (QED) is 0.844. The summed E-state index contributed by atoms with van der Waals surface area (Å²) in [5, 5.41) is 7.03. The molecule has 5 nitrogen and oxygen atoms in total. The van der Waals surface area contributed by atoms with Crippen molar-refractivity contribution < 1.29 is 14.3 Å². The number of hydrogen-bond acceptors (Lipinski definition) is 4. The largest absolute Gasteiger partial charge is 0.381 e. The first-order valence-corrected chi connectivity index (χ1v) is 8.51. The lowest BCUT2D eigenvalue weighted by molar-refractivity contribution is -0.126. The molecular formula is C17H24Cl2N2O3. The Bertz CT molecular complexity index is 544. The summed E-state index contributed by atoms with van der Waals surface area (Å²) < 4.78 is 10.9. The maximum atomic E-state index is 12.4. The molecule has 3 rings (SSSR count). The molecule has 0 saturated carbocycles. The predicted molar refractivity (Wildman–Crippen MR) is 96.1 cm³/mol. The minimum absolute atomic E-state index is 0. The smallest absolute Gasteiger partial charge is 0.239 e. The van der Waals surface area contributed by atoms with Crippen molar-refractivity contribution in [2.75, 3.05) is 39.5 Å². The van der Waals surface area contributed by atoms with Gasteiger partial charge in [-0.3, -0.25) is 4.79 Å². The summed E-state index contributed by atoms with van der Waals surface area (Å²) in [6, 6.07) is 7.62. The highest BCUT2D eigenvalue weighted by atomic mass is 35.5. The van der Waals surface area contributed by atoms with E-state index < -0.39 is 0 Å². The second-order valence-corrected chi connectivity index (χ2v) is 6.58. The van der Waals surface area contributed by atoms with E-state index in [4.69, 9.17) is 21.1 Å². The van der Waals surface area contributed by atoms with E-state index in [1.165, 1.54) is 0 Å². The molecule has 1 amide bonds. The molecule has 24 heavy (non-hydrogen) atoms. The van der Waals surface area contributed by atoms with Crippen LogP contribution < -0.4 is 10.6 Å². The van der Waals surface area contributed by atoms with Gasteiger partial charge in [0, 0.05) is 36.7 Å². The molecule has 0 aliphatic carbocycles. The molecule has 2 fully saturated rings. The first kappa shape index (κ1) is 19.5. The van der Waals surface area contributed by atoms with E-state index >= 15 is 0 Å². The Morgan fingerprint density at radius 1 is 1.25 bits per heavy atom. The first-order valence-electron chi connectivity index (χ1n) is 8.13. The monoisotopic (exact) mass is 374 g/mol. The summed E-state index contributed by atoms with van der Waals surface area (Å²) in [5.41, 5.74) is 0.931. The molecule has 1 aromatic rings. The molecule has 1 atom stereocenters. The maximum Gasteiger partial charge on any atom is 0.239 e. The molecule has 2 aliphatic rings. The Balaban J connectivity index is 0.00000208. The molecule has 2 heterocycles. The van der Waals surface area contributed by atoms with Gasteiger partial charge in [-0.15, -0.1) is 12.4 Å². The number of carbonyl (C=O) groups is 1. The number of rotatable bonds is 4. The summed E-state index contributed by atoms with van der Waals surface area (Å²) >= 11 is 6.43. The van der Waals surface area contributed by atoms with Crippen LogP contribution in [0.25, 0.3) is 0 Å². The van der Waals surface area contributed by atoms with Crippen molar-refractivity contribution >= 4 is 29.9 Å². The molecule has 7 heteroatoms. The van der Waals surface area contributed by atoms with Gasteiger partial charge < -0.3 is 20.1 Å². The number of ether oxygens (including phenoxy) is 2. The van der Waals surface area contributed by atoms with Crippen molar-refractivity contribution in [3.05, 3.63) is 34.9 Å². The number of morpholine rings is 1. The molecule has 0 radical (unpaired) electrons. The second-order valence-electron chi connectivity index (χ2n) is 6.17. The van der Waals surface area contributed by atoms with Crippen LogP contribution in [0.15, 0.2) is 24.3 Å². The van der Waals surface area contributed by atoms with Gasteiger partial charge in [0.1, 0.15) is 6.04 Å². The summed E-state index contributed by atoms with van der Waals surface area (Å²) in [6.07, 6.45) is 1.71. The summed E-state index contributed by atoms with van der Waals surface area (Å²) in [6.45, 7) is 3.73. The average Bonchev–Trinajstić information content (AvgIpc) is 2.61. The van der Waals surface area contributed by atoms with Gasteiger partial charge in [-0.25, -0.2) is 0 Å². The SMILES string of the molecule is Cl.O=C(NCC1(c2ccccc2Cl)CCOCC1)C1COCCN1. The van der Waals surface area contributed by atoms with Crippen LogP contribution in [0.4, 0.5) is 0 Å². The highest BCUT2D eigenvalue weighted by molar-refractivity contribution is 6.31. The van der Waals surface area contributed by atoms with Gasteiger partial charge >= 0.3 is 0 Å². The molecule has 1 aromatic carbocycles. The fraction of sp³-hybridized carbons (Fsp3) is 0.588. The van der Waals surface area contributed by atoms with Crippen molar-refractivity contribution in [2.45, 2.75) is 24.3 Å². The van der Waals surface area contributed by atoms with Crippen molar-refractivity contribution in [1.29, 1.82) is 0 Å². The predicted octanol–water partition coefficient (Wildman–Crippen LogP) is 1.91. The Morgan fingerprint density at radius 2 is 2.00 bits per heavy atom. The number of nitrogens with one attached hydrogen (secondary N) is 2. The van der Waals surface area contributed by atoms with Crippen LogP contribution >= 0.6 is 24.0 Å². The molecule has 0 spiro atoms. The highest BCUT2D eigenvalue weighted by Crippen LogP contribution is 2.38. The number of carbonyl (C=O) groups excluding carboxylic acids is 1. The standard InChI is InChI=1S/C17H23ClN2O3.ClH/c18-14-4-2-1-3-13(14)17(5-8-22-9-6-17)12-20-16(21)15-11-23-10-7-19-15;/h1-4,15,19H,5-12H2,(H,20,21);1H. The normalized spacial score (nSPS) is 23.1. The first-order chi connectivity index (χ1) is 11.2. The zero-order valence-corrected chi connectivity index (χ0v) is 15.1.